The normalized spacial score (nSPS) is 12.8. The molecular formula is C13H26N4O3S. The molecule has 0 unspecified atom stereocenters. The molecule has 0 bridgehead atoms. The maximum absolute atomic E-state index is 12.3. The number of methoxy groups -OCH3 is 1. The number of nitrogens with zero attached hydrogens (tertiary/aromatic N) is 2. The molecule has 1 aromatic rings. The molecule has 2 N–H and O–H groups in total. The molecule has 0 amide bonds. The molecule has 21 heavy (non-hydrogen) atoms. The van der Waals surface area contributed by atoms with Crippen LogP contribution < -0.4 is 10.0 Å². The van der Waals surface area contributed by atoms with E-state index in [9.17, 15) is 8.42 Å². The standard InChI is InChI=1S/C13H26N4O3S/c1-5-14-7-6-8-17-10-12(9-15-17)21(18,19)16-13(2,3)11-20-4/h9-10,14,16H,5-8,11H2,1-4H3. The third-order valence-electron chi connectivity index (χ3n) is 2.83. The highest BCUT2D eigenvalue weighted by atomic mass is 32.2. The van der Waals surface area contributed by atoms with Crippen molar-refractivity contribution in [2.24, 2.45) is 0 Å². The van der Waals surface area contributed by atoms with Gasteiger partial charge < -0.3 is 10.1 Å². The summed E-state index contributed by atoms with van der Waals surface area (Å²) < 4.78 is 33.8. The Kier molecular flexibility index (Phi) is 6.79. The molecule has 0 aliphatic heterocycles. The Bertz CT molecular complexity index is 525. The Morgan fingerprint density at radius 1 is 1.43 bits per heavy atom. The van der Waals surface area contributed by atoms with Crippen molar-refractivity contribution in [3.63, 3.8) is 0 Å². The summed E-state index contributed by atoms with van der Waals surface area (Å²) in [6.45, 7) is 8.39. The van der Waals surface area contributed by atoms with Crippen LogP contribution in [0.15, 0.2) is 17.3 Å². The second-order valence-corrected chi connectivity index (χ2v) is 7.25. The monoisotopic (exact) mass is 318 g/mol. The van der Waals surface area contributed by atoms with Gasteiger partial charge in [-0.05, 0) is 33.4 Å². The highest BCUT2D eigenvalue weighted by molar-refractivity contribution is 7.89. The Morgan fingerprint density at radius 3 is 2.76 bits per heavy atom. The van der Waals surface area contributed by atoms with Gasteiger partial charge in [0.05, 0.1) is 18.3 Å². The van der Waals surface area contributed by atoms with Crippen molar-refractivity contribution in [3.8, 4) is 0 Å². The van der Waals surface area contributed by atoms with Crippen molar-refractivity contribution in [3.05, 3.63) is 12.4 Å². The van der Waals surface area contributed by atoms with Crippen molar-refractivity contribution >= 4 is 10.0 Å². The van der Waals surface area contributed by atoms with Crippen LogP contribution in [0.5, 0.6) is 0 Å². The summed E-state index contributed by atoms with van der Waals surface area (Å²) in [4.78, 5) is 0.176. The van der Waals surface area contributed by atoms with Gasteiger partial charge >= 0.3 is 0 Å². The first-order valence-electron chi connectivity index (χ1n) is 7.07. The van der Waals surface area contributed by atoms with Crippen LogP contribution in [0.1, 0.15) is 27.2 Å². The van der Waals surface area contributed by atoms with Crippen molar-refractivity contribution in [2.75, 3.05) is 26.8 Å². The number of hydrogen-bond acceptors (Lipinski definition) is 5. The van der Waals surface area contributed by atoms with E-state index in [0.717, 1.165) is 19.5 Å². The second kappa shape index (κ2) is 7.88. The third kappa shape index (κ3) is 6.13. The van der Waals surface area contributed by atoms with E-state index < -0.39 is 15.6 Å². The summed E-state index contributed by atoms with van der Waals surface area (Å²) in [5.41, 5.74) is -0.666. The first-order chi connectivity index (χ1) is 9.80. The van der Waals surface area contributed by atoms with Crippen LogP contribution in [0.2, 0.25) is 0 Å². The maximum Gasteiger partial charge on any atom is 0.244 e. The van der Waals surface area contributed by atoms with E-state index in [4.69, 9.17) is 4.74 Å². The molecule has 0 saturated carbocycles. The zero-order valence-corrected chi connectivity index (χ0v) is 14.0. The molecule has 0 atom stereocenters. The van der Waals surface area contributed by atoms with Gasteiger partial charge in [0.2, 0.25) is 10.0 Å². The number of rotatable bonds is 10. The summed E-state index contributed by atoms with van der Waals surface area (Å²) in [6, 6.07) is 0. The van der Waals surface area contributed by atoms with Crippen LogP contribution in [0.25, 0.3) is 0 Å². The van der Waals surface area contributed by atoms with Crippen LogP contribution >= 0.6 is 0 Å². The molecule has 0 aromatic carbocycles. The van der Waals surface area contributed by atoms with Gasteiger partial charge in [0.15, 0.2) is 0 Å². The molecular weight excluding hydrogens is 292 g/mol. The molecule has 122 valence electrons. The molecule has 1 rings (SSSR count). The lowest BCUT2D eigenvalue weighted by molar-refractivity contribution is 0.141. The number of hydrogen-bond donors (Lipinski definition) is 2. The molecule has 0 fully saturated rings. The molecule has 1 heterocycles. The number of ether oxygens (including phenoxy) is 1. The largest absolute Gasteiger partial charge is 0.383 e. The first kappa shape index (κ1) is 18.1. The molecule has 1 aromatic heterocycles. The van der Waals surface area contributed by atoms with Crippen molar-refractivity contribution in [1.29, 1.82) is 0 Å². The van der Waals surface area contributed by atoms with E-state index in [2.05, 4.69) is 15.1 Å². The molecule has 0 radical (unpaired) electrons. The van der Waals surface area contributed by atoms with Gasteiger partial charge in [0.1, 0.15) is 4.90 Å². The maximum atomic E-state index is 12.3. The quantitative estimate of drug-likeness (QED) is 0.617. The van der Waals surface area contributed by atoms with Gasteiger partial charge in [-0.2, -0.15) is 5.10 Å². The smallest absolute Gasteiger partial charge is 0.244 e. The minimum atomic E-state index is -3.58. The van der Waals surface area contributed by atoms with E-state index in [-0.39, 0.29) is 4.90 Å². The summed E-state index contributed by atoms with van der Waals surface area (Å²) in [6.07, 6.45) is 3.83. The predicted molar refractivity (Wildman–Crippen MR) is 81.7 cm³/mol. The van der Waals surface area contributed by atoms with Gasteiger partial charge in [-0.15, -0.1) is 0 Å². The highest BCUT2D eigenvalue weighted by Gasteiger charge is 2.27. The van der Waals surface area contributed by atoms with Crippen LogP contribution in [-0.2, 0) is 21.3 Å². The van der Waals surface area contributed by atoms with Crippen LogP contribution in [0, 0.1) is 0 Å². The lowest BCUT2D eigenvalue weighted by Gasteiger charge is -2.24. The molecule has 8 heteroatoms. The average molecular weight is 318 g/mol. The summed E-state index contributed by atoms with van der Waals surface area (Å²) in [5, 5.41) is 7.31. The fourth-order valence-electron chi connectivity index (χ4n) is 1.96. The van der Waals surface area contributed by atoms with Crippen LogP contribution in [0.3, 0.4) is 0 Å². The Balaban J connectivity index is 2.66. The van der Waals surface area contributed by atoms with Crippen molar-refractivity contribution in [2.45, 2.75) is 44.2 Å². The summed E-state index contributed by atoms with van der Waals surface area (Å²) >= 11 is 0. The average Bonchev–Trinajstić information content (AvgIpc) is 2.82. The molecule has 0 aliphatic rings. The number of nitrogens with one attached hydrogen (secondary N) is 2. The first-order valence-corrected chi connectivity index (χ1v) is 8.55. The van der Waals surface area contributed by atoms with E-state index in [0.29, 0.717) is 13.2 Å². The molecule has 0 aliphatic carbocycles. The van der Waals surface area contributed by atoms with E-state index in [1.807, 2.05) is 6.92 Å². The SMILES string of the molecule is CCNCCCn1cc(S(=O)(=O)NC(C)(C)COC)cn1. The minimum absolute atomic E-state index is 0.176. The third-order valence-corrected chi connectivity index (χ3v) is 4.48. The molecule has 7 nitrogen and oxygen atoms in total. The Hall–Kier alpha value is -0.960. The summed E-state index contributed by atoms with van der Waals surface area (Å²) in [7, 11) is -2.04. The van der Waals surface area contributed by atoms with Crippen molar-refractivity contribution < 1.29 is 13.2 Å². The zero-order valence-electron chi connectivity index (χ0n) is 13.2. The van der Waals surface area contributed by atoms with Crippen LogP contribution in [0.4, 0.5) is 0 Å². The number of sulfonamides is 1. The predicted octanol–water partition coefficient (Wildman–Crippen LogP) is 0.586. The highest BCUT2D eigenvalue weighted by Crippen LogP contribution is 2.12. The lowest BCUT2D eigenvalue weighted by atomic mass is 10.1. The number of aryl methyl sites for hydroxylation is 1. The Labute approximate surface area is 127 Å². The summed E-state index contributed by atoms with van der Waals surface area (Å²) in [5.74, 6) is 0. The van der Waals surface area contributed by atoms with E-state index >= 15 is 0 Å². The van der Waals surface area contributed by atoms with Gasteiger partial charge in [0, 0.05) is 19.9 Å². The molecule has 0 spiro atoms. The molecule has 0 saturated heterocycles. The van der Waals surface area contributed by atoms with Gasteiger partial charge in [-0.3, -0.25) is 4.68 Å². The van der Waals surface area contributed by atoms with E-state index in [1.165, 1.54) is 6.20 Å². The van der Waals surface area contributed by atoms with E-state index in [1.54, 1.807) is 31.8 Å². The van der Waals surface area contributed by atoms with Crippen molar-refractivity contribution in [1.82, 2.24) is 19.8 Å². The van der Waals surface area contributed by atoms with Crippen LogP contribution in [-0.4, -0.2) is 50.5 Å². The van der Waals surface area contributed by atoms with Gasteiger partial charge in [-0.25, -0.2) is 13.1 Å². The minimum Gasteiger partial charge on any atom is -0.383 e. The number of aromatic nitrogens is 2. The van der Waals surface area contributed by atoms with Gasteiger partial charge in [0.25, 0.3) is 0 Å². The fraction of sp³-hybridized carbons (Fsp3) is 0.769. The topological polar surface area (TPSA) is 85.2 Å². The Morgan fingerprint density at radius 2 is 2.14 bits per heavy atom. The fourth-order valence-corrected chi connectivity index (χ4v) is 3.31. The lowest BCUT2D eigenvalue weighted by Crippen LogP contribution is -2.46. The van der Waals surface area contributed by atoms with Gasteiger partial charge in [-0.1, -0.05) is 6.92 Å². The second-order valence-electron chi connectivity index (χ2n) is 5.57. The zero-order chi connectivity index (χ0) is 15.9.